The van der Waals surface area contributed by atoms with E-state index < -0.39 is 5.97 Å². The lowest BCUT2D eigenvalue weighted by Crippen LogP contribution is -2.14. The van der Waals surface area contributed by atoms with Crippen LogP contribution in [0.3, 0.4) is 0 Å². The molecule has 126 valence electrons. The van der Waals surface area contributed by atoms with E-state index in [-0.39, 0.29) is 17.2 Å². The summed E-state index contributed by atoms with van der Waals surface area (Å²) in [5.41, 5.74) is 0.702. The molecule has 24 heavy (non-hydrogen) atoms. The van der Waals surface area contributed by atoms with Crippen LogP contribution < -0.4 is 10.1 Å². The summed E-state index contributed by atoms with van der Waals surface area (Å²) in [7, 11) is 0. The van der Waals surface area contributed by atoms with Gasteiger partial charge >= 0.3 is 5.97 Å². The molecule has 1 amide bonds. The maximum Gasteiger partial charge on any atom is 0.337 e. The first kappa shape index (κ1) is 18.0. The van der Waals surface area contributed by atoms with Crippen molar-refractivity contribution in [2.24, 2.45) is 0 Å². The van der Waals surface area contributed by atoms with Crippen LogP contribution in [0.1, 0.15) is 40.5 Å². The number of ether oxygens (including phenoxy) is 1. The molecule has 2 rings (SSSR count). The van der Waals surface area contributed by atoms with E-state index in [0.29, 0.717) is 22.4 Å². The molecule has 0 saturated heterocycles. The number of carboxylic acids is 1. The number of rotatable bonds is 7. The highest BCUT2D eigenvalue weighted by Crippen LogP contribution is 2.22. The molecule has 0 aliphatic carbocycles. The van der Waals surface area contributed by atoms with Crippen LogP contribution in [0.15, 0.2) is 46.9 Å². The highest BCUT2D eigenvalue weighted by Gasteiger charge is 2.14. The zero-order chi connectivity index (χ0) is 17.5. The van der Waals surface area contributed by atoms with Gasteiger partial charge in [-0.05, 0) is 48.9 Å². The molecular formula is C18H18BrNO4. The molecule has 0 unspecified atom stereocenters. The Morgan fingerprint density at radius 3 is 2.50 bits per heavy atom. The predicted molar refractivity (Wildman–Crippen MR) is 95.9 cm³/mol. The minimum absolute atomic E-state index is 0.0252. The Hall–Kier alpha value is -2.34. The van der Waals surface area contributed by atoms with Crippen molar-refractivity contribution in [3.8, 4) is 5.75 Å². The van der Waals surface area contributed by atoms with Gasteiger partial charge in [0.15, 0.2) is 0 Å². The van der Waals surface area contributed by atoms with Crippen molar-refractivity contribution in [2.75, 3.05) is 11.9 Å². The Bertz CT molecular complexity index is 728. The number of aromatic carboxylic acids is 1. The fourth-order valence-corrected chi connectivity index (χ4v) is 2.39. The van der Waals surface area contributed by atoms with E-state index in [1.54, 1.807) is 36.4 Å². The number of anilines is 1. The van der Waals surface area contributed by atoms with E-state index in [9.17, 15) is 14.7 Å². The van der Waals surface area contributed by atoms with Gasteiger partial charge in [-0.25, -0.2) is 4.79 Å². The highest BCUT2D eigenvalue weighted by atomic mass is 79.9. The Balaban J connectivity index is 2.09. The van der Waals surface area contributed by atoms with Crippen LogP contribution in [0.4, 0.5) is 5.69 Å². The van der Waals surface area contributed by atoms with Crippen LogP contribution in [0.5, 0.6) is 5.75 Å². The summed E-state index contributed by atoms with van der Waals surface area (Å²) in [6.07, 6.45) is 2.03. The van der Waals surface area contributed by atoms with Crippen LogP contribution in [0.25, 0.3) is 0 Å². The van der Waals surface area contributed by atoms with Crippen molar-refractivity contribution < 1.29 is 19.4 Å². The zero-order valence-corrected chi connectivity index (χ0v) is 14.8. The smallest absolute Gasteiger partial charge is 0.337 e. The van der Waals surface area contributed by atoms with Gasteiger partial charge in [-0.3, -0.25) is 4.79 Å². The number of carbonyl (C=O) groups excluding carboxylic acids is 1. The molecule has 0 saturated carbocycles. The molecule has 2 aromatic rings. The lowest BCUT2D eigenvalue weighted by Gasteiger charge is -2.10. The van der Waals surface area contributed by atoms with Gasteiger partial charge in [-0.15, -0.1) is 0 Å². The molecular weight excluding hydrogens is 374 g/mol. The van der Waals surface area contributed by atoms with Crippen molar-refractivity contribution in [2.45, 2.75) is 19.8 Å². The average molecular weight is 392 g/mol. The van der Waals surface area contributed by atoms with Crippen LogP contribution in [0.2, 0.25) is 0 Å². The number of unbranched alkanes of at least 4 members (excludes halogenated alkanes) is 1. The van der Waals surface area contributed by atoms with Crippen LogP contribution in [0, 0.1) is 0 Å². The number of carboxylic acid groups (broad SMARTS) is 1. The summed E-state index contributed by atoms with van der Waals surface area (Å²) in [5.74, 6) is -0.777. The summed E-state index contributed by atoms with van der Waals surface area (Å²) >= 11 is 3.22. The third kappa shape index (κ3) is 4.83. The lowest BCUT2D eigenvalue weighted by molar-refractivity contribution is 0.0698. The van der Waals surface area contributed by atoms with E-state index >= 15 is 0 Å². The van der Waals surface area contributed by atoms with Gasteiger partial charge < -0.3 is 15.2 Å². The molecule has 0 heterocycles. The second-order valence-corrected chi connectivity index (χ2v) is 6.09. The summed E-state index contributed by atoms with van der Waals surface area (Å²) in [6, 6.07) is 11.4. The standard InChI is InChI=1S/C18H18BrNO4/c1-2-3-10-24-14-7-4-12(5-8-14)17(21)20-16-9-6-13(19)11-15(16)18(22)23/h4-9,11H,2-3,10H2,1H3,(H,20,21)(H,22,23). The van der Waals surface area contributed by atoms with Gasteiger partial charge in [0.1, 0.15) is 5.75 Å². The van der Waals surface area contributed by atoms with Crippen LogP contribution >= 0.6 is 15.9 Å². The Kier molecular flexibility index (Phi) is 6.37. The van der Waals surface area contributed by atoms with Crippen molar-refractivity contribution in [3.63, 3.8) is 0 Å². The molecule has 0 bridgehead atoms. The molecule has 5 nitrogen and oxygen atoms in total. The number of benzene rings is 2. The van der Waals surface area contributed by atoms with E-state index in [1.165, 1.54) is 6.07 Å². The largest absolute Gasteiger partial charge is 0.494 e. The average Bonchev–Trinajstić information content (AvgIpc) is 2.57. The molecule has 0 aromatic heterocycles. The minimum Gasteiger partial charge on any atom is -0.494 e. The molecule has 0 atom stereocenters. The Labute approximate surface area is 148 Å². The van der Waals surface area contributed by atoms with Gasteiger partial charge in [-0.1, -0.05) is 29.3 Å². The Morgan fingerprint density at radius 1 is 1.17 bits per heavy atom. The molecule has 0 aliphatic heterocycles. The normalized spacial score (nSPS) is 10.2. The molecule has 6 heteroatoms. The van der Waals surface area contributed by atoms with E-state index in [2.05, 4.69) is 28.2 Å². The third-order valence-corrected chi connectivity index (χ3v) is 3.84. The molecule has 0 spiro atoms. The van der Waals surface area contributed by atoms with E-state index in [1.807, 2.05) is 0 Å². The molecule has 0 fully saturated rings. The predicted octanol–water partition coefficient (Wildman–Crippen LogP) is 4.58. The fraction of sp³-hybridized carbons (Fsp3) is 0.222. The van der Waals surface area contributed by atoms with Crippen molar-refractivity contribution in [3.05, 3.63) is 58.1 Å². The topological polar surface area (TPSA) is 75.6 Å². The number of carbonyl (C=O) groups is 2. The minimum atomic E-state index is -1.11. The van der Waals surface area contributed by atoms with Crippen LogP contribution in [-0.4, -0.2) is 23.6 Å². The molecule has 0 aliphatic rings. The first-order valence-electron chi connectivity index (χ1n) is 7.58. The second kappa shape index (κ2) is 8.49. The van der Waals surface area contributed by atoms with Gasteiger partial charge in [0, 0.05) is 10.0 Å². The van der Waals surface area contributed by atoms with Crippen LogP contribution in [-0.2, 0) is 0 Å². The molecule has 2 N–H and O–H groups in total. The van der Waals surface area contributed by atoms with Gasteiger partial charge in [0.05, 0.1) is 17.9 Å². The summed E-state index contributed by atoms with van der Waals surface area (Å²) in [4.78, 5) is 23.6. The number of halogens is 1. The molecule has 2 aromatic carbocycles. The highest BCUT2D eigenvalue weighted by molar-refractivity contribution is 9.10. The number of nitrogens with one attached hydrogen (secondary N) is 1. The monoisotopic (exact) mass is 391 g/mol. The fourth-order valence-electron chi connectivity index (χ4n) is 2.03. The van der Waals surface area contributed by atoms with Crippen molar-refractivity contribution >= 4 is 33.5 Å². The number of hydrogen-bond acceptors (Lipinski definition) is 3. The first-order valence-corrected chi connectivity index (χ1v) is 8.37. The zero-order valence-electron chi connectivity index (χ0n) is 13.2. The number of hydrogen-bond donors (Lipinski definition) is 2. The summed E-state index contributed by atoms with van der Waals surface area (Å²) in [6.45, 7) is 2.73. The van der Waals surface area contributed by atoms with E-state index in [4.69, 9.17) is 4.74 Å². The van der Waals surface area contributed by atoms with Gasteiger partial charge in [0.25, 0.3) is 5.91 Å². The molecule has 0 radical (unpaired) electrons. The first-order chi connectivity index (χ1) is 11.5. The summed E-state index contributed by atoms with van der Waals surface area (Å²) in [5, 5.41) is 11.8. The van der Waals surface area contributed by atoms with E-state index in [0.717, 1.165) is 12.8 Å². The van der Waals surface area contributed by atoms with Crippen molar-refractivity contribution in [1.82, 2.24) is 0 Å². The van der Waals surface area contributed by atoms with Crippen molar-refractivity contribution in [1.29, 1.82) is 0 Å². The van der Waals surface area contributed by atoms with Gasteiger partial charge in [-0.2, -0.15) is 0 Å². The third-order valence-electron chi connectivity index (χ3n) is 3.34. The lowest BCUT2D eigenvalue weighted by atomic mass is 10.1. The second-order valence-electron chi connectivity index (χ2n) is 5.18. The Morgan fingerprint density at radius 2 is 1.88 bits per heavy atom. The number of amides is 1. The van der Waals surface area contributed by atoms with Gasteiger partial charge in [0.2, 0.25) is 0 Å². The maximum absolute atomic E-state index is 12.3. The maximum atomic E-state index is 12.3. The quantitative estimate of drug-likeness (QED) is 0.677. The SMILES string of the molecule is CCCCOc1ccc(C(=O)Nc2ccc(Br)cc2C(=O)O)cc1. The summed E-state index contributed by atoms with van der Waals surface area (Å²) < 4.78 is 6.18.